The van der Waals surface area contributed by atoms with Crippen LogP contribution in [-0.4, -0.2) is 37.5 Å². The van der Waals surface area contributed by atoms with Gasteiger partial charge in [-0.15, -0.1) is 0 Å². The van der Waals surface area contributed by atoms with Gasteiger partial charge < -0.3 is 5.41 Å². The van der Waals surface area contributed by atoms with Crippen LogP contribution < -0.4 is 0 Å². The Hall–Kier alpha value is -1.41. The van der Waals surface area contributed by atoms with Gasteiger partial charge in [0.05, 0.1) is 12.3 Å². The topological polar surface area (TPSA) is 61.2 Å². The van der Waals surface area contributed by atoms with E-state index in [1.165, 1.54) is 0 Å². The van der Waals surface area contributed by atoms with Gasteiger partial charge in [0.15, 0.2) is 0 Å². The molecule has 1 rings (SSSR count). The van der Waals surface area contributed by atoms with E-state index in [0.29, 0.717) is 5.56 Å². The number of hydrogen-bond acceptors (Lipinski definition) is 3. The normalized spacial score (nSPS) is 12.7. The lowest BCUT2D eigenvalue weighted by Gasteiger charge is -2.19. The molecule has 1 N–H and O–H groups in total. The Labute approximate surface area is 109 Å². The maximum atomic E-state index is 12.3. The van der Waals surface area contributed by atoms with Crippen molar-refractivity contribution in [2.75, 3.05) is 13.6 Å². The highest BCUT2D eigenvalue weighted by molar-refractivity contribution is 7.90. The SMILES string of the molecule is Cc1ccc(C(=N)CN(C)S(=O)(=O)C(F)(F)F)cc1. The second-order valence-electron chi connectivity index (χ2n) is 4.05. The fourth-order valence-corrected chi connectivity index (χ4v) is 1.98. The van der Waals surface area contributed by atoms with Gasteiger partial charge in [-0.1, -0.05) is 29.8 Å². The fourth-order valence-electron chi connectivity index (χ4n) is 1.33. The highest BCUT2D eigenvalue weighted by Crippen LogP contribution is 2.25. The lowest BCUT2D eigenvalue weighted by molar-refractivity contribution is -0.0479. The van der Waals surface area contributed by atoms with Crippen LogP contribution in [0.2, 0.25) is 0 Å². The summed E-state index contributed by atoms with van der Waals surface area (Å²) in [6.45, 7) is 1.19. The van der Waals surface area contributed by atoms with Gasteiger partial charge in [0, 0.05) is 7.05 Å². The van der Waals surface area contributed by atoms with E-state index in [2.05, 4.69) is 0 Å². The second kappa shape index (κ2) is 5.30. The Balaban J connectivity index is 2.86. The molecule has 0 heterocycles. The van der Waals surface area contributed by atoms with E-state index >= 15 is 0 Å². The predicted octanol–water partition coefficient (Wildman–Crippen LogP) is 2.14. The molecule has 0 radical (unpaired) electrons. The van der Waals surface area contributed by atoms with Crippen LogP contribution in [0.5, 0.6) is 0 Å². The van der Waals surface area contributed by atoms with Crippen molar-refractivity contribution in [2.24, 2.45) is 0 Å². The van der Waals surface area contributed by atoms with Crippen LogP contribution >= 0.6 is 0 Å². The van der Waals surface area contributed by atoms with Crippen LogP contribution in [0.4, 0.5) is 13.2 Å². The second-order valence-corrected chi connectivity index (χ2v) is 6.09. The maximum Gasteiger partial charge on any atom is 0.511 e. The number of benzene rings is 1. The molecule has 1 aromatic carbocycles. The van der Waals surface area contributed by atoms with E-state index in [4.69, 9.17) is 5.41 Å². The van der Waals surface area contributed by atoms with Gasteiger partial charge in [0.2, 0.25) is 0 Å². The average Bonchev–Trinajstić information content (AvgIpc) is 2.28. The van der Waals surface area contributed by atoms with Gasteiger partial charge in [-0.25, -0.2) is 8.42 Å². The number of hydrogen-bond donors (Lipinski definition) is 1. The molecule has 0 bridgehead atoms. The third-order valence-corrected chi connectivity index (χ3v) is 4.02. The molecule has 0 aromatic heterocycles. The van der Waals surface area contributed by atoms with Crippen molar-refractivity contribution < 1.29 is 21.6 Å². The summed E-state index contributed by atoms with van der Waals surface area (Å²) < 4.78 is 59.1. The lowest BCUT2D eigenvalue weighted by Crippen LogP contribution is -2.40. The standard InChI is InChI=1S/C11H13F3N2O2S/c1-8-3-5-9(6-4-8)10(15)7-16(2)19(17,18)11(12,13)14/h3-6,15H,7H2,1-2H3. The molecule has 4 nitrogen and oxygen atoms in total. The first-order valence-electron chi connectivity index (χ1n) is 5.23. The van der Waals surface area contributed by atoms with Crippen molar-refractivity contribution in [3.05, 3.63) is 35.4 Å². The highest BCUT2D eigenvalue weighted by Gasteiger charge is 2.48. The van der Waals surface area contributed by atoms with Crippen molar-refractivity contribution in [1.29, 1.82) is 5.41 Å². The monoisotopic (exact) mass is 294 g/mol. The molecular formula is C11H13F3N2O2S. The molecule has 0 amide bonds. The van der Waals surface area contributed by atoms with Crippen molar-refractivity contribution in [2.45, 2.75) is 12.4 Å². The third-order valence-electron chi connectivity index (χ3n) is 2.48. The first-order chi connectivity index (χ1) is 8.55. The number of sulfonamides is 1. The molecule has 8 heteroatoms. The first kappa shape index (κ1) is 15.6. The molecule has 0 saturated heterocycles. The smallest absolute Gasteiger partial charge is 0.303 e. The molecule has 0 aliphatic rings. The van der Waals surface area contributed by atoms with Gasteiger partial charge in [0.25, 0.3) is 0 Å². The molecule has 0 aliphatic heterocycles. The van der Waals surface area contributed by atoms with Gasteiger partial charge in [-0.3, -0.25) is 0 Å². The number of halogens is 3. The molecule has 106 valence electrons. The van der Waals surface area contributed by atoms with Gasteiger partial charge in [-0.2, -0.15) is 17.5 Å². The van der Waals surface area contributed by atoms with Crippen molar-refractivity contribution in [3.63, 3.8) is 0 Å². The van der Waals surface area contributed by atoms with E-state index in [-0.39, 0.29) is 10.0 Å². The van der Waals surface area contributed by atoms with E-state index in [1.807, 2.05) is 6.92 Å². The summed E-state index contributed by atoms with van der Waals surface area (Å²) in [5.41, 5.74) is -4.23. The minimum absolute atomic E-state index is 0.120. The minimum atomic E-state index is -5.40. The van der Waals surface area contributed by atoms with Crippen molar-refractivity contribution in [3.8, 4) is 0 Å². The van der Waals surface area contributed by atoms with Gasteiger partial charge >= 0.3 is 15.5 Å². The van der Waals surface area contributed by atoms with Crippen LogP contribution in [0.15, 0.2) is 24.3 Å². The summed E-state index contributed by atoms with van der Waals surface area (Å²) in [7, 11) is -4.60. The zero-order chi connectivity index (χ0) is 14.8. The van der Waals surface area contributed by atoms with E-state index in [9.17, 15) is 21.6 Å². The maximum absolute atomic E-state index is 12.3. The number of alkyl halides is 3. The van der Waals surface area contributed by atoms with Gasteiger partial charge in [0.1, 0.15) is 0 Å². The van der Waals surface area contributed by atoms with Gasteiger partial charge in [-0.05, 0) is 12.5 Å². The summed E-state index contributed by atoms with van der Waals surface area (Å²) >= 11 is 0. The first-order valence-corrected chi connectivity index (χ1v) is 6.67. The molecule has 19 heavy (non-hydrogen) atoms. The lowest BCUT2D eigenvalue weighted by atomic mass is 10.1. The molecule has 1 aromatic rings. The summed E-state index contributed by atoms with van der Waals surface area (Å²) in [5.74, 6) is 0. The van der Waals surface area contributed by atoms with Crippen molar-refractivity contribution >= 4 is 15.7 Å². The highest BCUT2D eigenvalue weighted by atomic mass is 32.2. The molecule has 0 fully saturated rings. The summed E-state index contributed by atoms with van der Waals surface area (Å²) in [4.78, 5) is 0. The number of nitrogens with one attached hydrogen (secondary N) is 1. The average molecular weight is 294 g/mol. The molecule has 0 unspecified atom stereocenters. The zero-order valence-electron chi connectivity index (χ0n) is 10.3. The zero-order valence-corrected chi connectivity index (χ0v) is 11.1. The minimum Gasteiger partial charge on any atom is -0.303 e. The summed E-state index contributed by atoms with van der Waals surface area (Å²) in [6, 6.07) is 6.52. The molecule has 0 aliphatic carbocycles. The molecule has 0 spiro atoms. The largest absolute Gasteiger partial charge is 0.511 e. The third kappa shape index (κ3) is 3.54. The Bertz CT molecular complexity index is 565. The fraction of sp³-hybridized carbons (Fsp3) is 0.364. The Morgan fingerprint density at radius 3 is 2.16 bits per heavy atom. The van der Waals surface area contributed by atoms with E-state index in [1.54, 1.807) is 24.3 Å². The van der Waals surface area contributed by atoms with E-state index < -0.39 is 22.1 Å². The molecular weight excluding hydrogens is 281 g/mol. The summed E-state index contributed by atoms with van der Waals surface area (Å²) in [5, 5.41) is 7.64. The number of rotatable bonds is 4. The quantitative estimate of drug-likeness (QED) is 0.865. The Kier molecular flexibility index (Phi) is 4.36. The molecule has 0 atom stereocenters. The van der Waals surface area contributed by atoms with Crippen LogP contribution in [0.1, 0.15) is 11.1 Å². The predicted molar refractivity (Wildman–Crippen MR) is 65.6 cm³/mol. The van der Waals surface area contributed by atoms with Crippen LogP contribution in [-0.2, 0) is 10.0 Å². The van der Waals surface area contributed by atoms with Crippen LogP contribution in [0.3, 0.4) is 0 Å². The number of nitrogens with zero attached hydrogens (tertiary/aromatic N) is 1. The Morgan fingerprint density at radius 1 is 1.26 bits per heavy atom. The molecule has 0 saturated carbocycles. The van der Waals surface area contributed by atoms with E-state index in [0.717, 1.165) is 12.6 Å². The van der Waals surface area contributed by atoms with Crippen molar-refractivity contribution in [1.82, 2.24) is 4.31 Å². The number of aryl methyl sites for hydroxylation is 1. The van der Waals surface area contributed by atoms with Crippen LogP contribution in [0.25, 0.3) is 0 Å². The summed E-state index contributed by atoms with van der Waals surface area (Å²) in [6.07, 6.45) is 0. The van der Waals surface area contributed by atoms with Crippen LogP contribution in [0, 0.1) is 12.3 Å². The number of likely N-dealkylation sites (N-methyl/N-ethyl adjacent to an activating group) is 1. The Morgan fingerprint density at radius 2 is 1.74 bits per heavy atom.